The first-order chi connectivity index (χ1) is 4.70. The number of carbonyl (C=O) groups excluding carboxylic acids is 2. The van der Waals surface area contributed by atoms with E-state index in [4.69, 9.17) is 0 Å². The maximum Gasteiger partial charge on any atom is 0.249 e. The van der Waals surface area contributed by atoms with Crippen LogP contribution in [0.25, 0.3) is 0 Å². The minimum absolute atomic E-state index is 0.138. The van der Waals surface area contributed by atoms with Crippen molar-refractivity contribution in [1.82, 2.24) is 10.6 Å². The summed E-state index contributed by atoms with van der Waals surface area (Å²) < 4.78 is 0. The summed E-state index contributed by atoms with van der Waals surface area (Å²) in [6, 6.07) is 0. The van der Waals surface area contributed by atoms with Gasteiger partial charge in [0.2, 0.25) is 11.8 Å². The van der Waals surface area contributed by atoms with Crippen molar-refractivity contribution in [3.63, 3.8) is 0 Å². The summed E-state index contributed by atoms with van der Waals surface area (Å²) >= 11 is 0. The molecule has 0 aliphatic carbocycles. The number of imide groups is 1. The molecule has 0 saturated carbocycles. The molecule has 0 aromatic rings. The van der Waals surface area contributed by atoms with E-state index in [1.807, 2.05) is 0 Å². The molecule has 4 nitrogen and oxygen atoms in total. The van der Waals surface area contributed by atoms with E-state index in [-0.39, 0.29) is 12.5 Å². The average Bonchev–Trinajstić information content (AvgIpc) is 1.88. The van der Waals surface area contributed by atoms with E-state index in [1.165, 1.54) is 0 Å². The van der Waals surface area contributed by atoms with E-state index in [0.29, 0.717) is 0 Å². The monoisotopic (exact) mass is 142 g/mol. The SMILES string of the molecule is C=CC(=O)NC(=O)CNC. The minimum Gasteiger partial charge on any atom is -0.311 e. The van der Waals surface area contributed by atoms with Crippen molar-refractivity contribution in [3.8, 4) is 0 Å². The summed E-state index contributed by atoms with van der Waals surface area (Å²) in [6.45, 7) is 3.33. The molecule has 0 spiro atoms. The Morgan fingerprint density at radius 3 is 2.60 bits per heavy atom. The topological polar surface area (TPSA) is 58.2 Å². The molecule has 0 fully saturated rings. The summed E-state index contributed by atoms with van der Waals surface area (Å²) in [5, 5.41) is 4.67. The van der Waals surface area contributed by atoms with Crippen LogP contribution in [0.2, 0.25) is 0 Å². The van der Waals surface area contributed by atoms with Gasteiger partial charge in [-0.3, -0.25) is 14.9 Å². The van der Waals surface area contributed by atoms with Crippen molar-refractivity contribution in [2.24, 2.45) is 0 Å². The Morgan fingerprint density at radius 1 is 1.60 bits per heavy atom. The molecule has 0 aromatic carbocycles. The van der Waals surface area contributed by atoms with Gasteiger partial charge in [-0.15, -0.1) is 0 Å². The molecule has 0 radical (unpaired) electrons. The lowest BCUT2D eigenvalue weighted by atomic mass is 10.5. The van der Waals surface area contributed by atoms with Gasteiger partial charge in [-0.25, -0.2) is 0 Å². The third-order valence-electron chi connectivity index (χ3n) is 0.785. The summed E-state index contributed by atoms with van der Waals surface area (Å²) in [7, 11) is 1.62. The number of rotatable bonds is 3. The maximum atomic E-state index is 10.6. The number of nitrogens with one attached hydrogen (secondary N) is 2. The van der Waals surface area contributed by atoms with Crippen molar-refractivity contribution in [1.29, 1.82) is 0 Å². The second-order valence-corrected chi connectivity index (χ2v) is 1.65. The summed E-state index contributed by atoms with van der Waals surface area (Å²) in [4.78, 5) is 21.0. The van der Waals surface area contributed by atoms with Gasteiger partial charge in [0.25, 0.3) is 0 Å². The highest BCUT2D eigenvalue weighted by Crippen LogP contribution is 1.66. The third-order valence-corrected chi connectivity index (χ3v) is 0.785. The van der Waals surface area contributed by atoms with Crippen LogP contribution in [0.3, 0.4) is 0 Å². The molecule has 0 atom stereocenters. The van der Waals surface area contributed by atoms with Gasteiger partial charge in [0, 0.05) is 0 Å². The molecule has 2 N–H and O–H groups in total. The molecule has 0 aromatic heterocycles. The molecule has 4 heteroatoms. The van der Waals surface area contributed by atoms with E-state index in [9.17, 15) is 9.59 Å². The van der Waals surface area contributed by atoms with Crippen LogP contribution in [-0.2, 0) is 9.59 Å². The van der Waals surface area contributed by atoms with Crippen molar-refractivity contribution >= 4 is 11.8 Å². The normalized spacial score (nSPS) is 8.50. The van der Waals surface area contributed by atoms with E-state index in [1.54, 1.807) is 7.05 Å². The summed E-state index contributed by atoms with van der Waals surface area (Å²) in [5.41, 5.74) is 0. The number of hydrogen-bond acceptors (Lipinski definition) is 3. The van der Waals surface area contributed by atoms with Crippen molar-refractivity contribution in [2.45, 2.75) is 0 Å². The molecule has 56 valence electrons. The van der Waals surface area contributed by atoms with E-state index in [2.05, 4.69) is 17.2 Å². The van der Waals surface area contributed by atoms with Gasteiger partial charge in [0.15, 0.2) is 0 Å². The predicted molar refractivity (Wildman–Crippen MR) is 37.3 cm³/mol. The van der Waals surface area contributed by atoms with Crippen LogP contribution in [0.4, 0.5) is 0 Å². The largest absolute Gasteiger partial charge is 0.311 e. The van der Waals surface area contributed by atoms with Crippen molar-refractivity contribution < 1.29 is 9.59 Å². The van der Waals surface area contributed by atoms with E-state index in [0.717, 1.165) is 6.08 Å². The second kappa shape index (κ2) is 4.69. The molecule has 10 heavy (non-hydrogen) atoms. The summed E-state index contributed by atoms with van der Waals surface area (Å²) in [5.74, 6) is -0.826. The number of likely N-dealkylation sites (N-methyl/N-ethyl adjacent to an activating group) is 1. The molecule has 0 aliphatic heterocycles. The number of hydrogen-bond donors (Lipinski definition) is 2. The Kier molecular flexibility index (Phi) is 4.15. The van der Waals surface area contributed by atoms with Gasteiger partial charge in [-0.05, 0) is 13.1 Å². The van der Waals surface area contributed by atoms with Gasteiger partial charge in [-0.2, -0.15) is 0 Å². The van der Waals surface area contributed by atoms with Gasteiger partial charge in [0.1, 0.15) is 0 Å². The number of carbonyl (C=O) groups is 2. The molecule has 0 rings (SSSR count). The van der Waals surface area contributed by atoms with Crippen molar-refractivity contribution in [3.05, 3.63) is 12.7 Å². The van der Waals surface area contributed by atoms with Crippen LogP contribution >= 0.6 is 0 Å². The van der Waals surface area contributed by atoms with E-state index < -0.39 is 5.91 Å². The Balaban J connectivity index is 3.57. The number of amides is 2. The Labute approximate surface area is 59.3 Å². The molecular formula is C6H10N2O2. The lowest BCUT2D eigenvalue weighted by Crippen LogP contribution is -2.35. The van der Waals surface area contributed by atoms with Crippen LogP contribution in [0.15, 0.2) is 12.7 Å². The molecule has 0 aliphatic rings. The summed E-state index contributed by atoms with van der Waals surface area (Å²) in [6.07, 6.45) is 1.05. The van der Waals surface area contributed by atoms with Gasteiger partial charge >= 0.3 is 0 Å². The van der Waals surface area contributed by atoms with Gasteiger partial charge in [-0.1, -0.05) is 6.58 Å². The van der Waals surface area contributed by atoms with Crippen LogP contribution < -0.4 is 10.6 Å². The standard InChI is InChI=1S/C6H10N2O2/c1-3-5(9)8-6(10)4-7-2/h3,7H,1,4H2,2H3,(H,8,9,10). The third kappa shape index (κ3) is 3.80. The first-order valence-corrected chi connectivity index (χ1v) is 2.81. The molecule has 0 bridgehead atoms. The van der Waals surface area contributed by atoms with Crippen molar-refractivity contribution in [2.75, 3.05) is 13.6 Å². The maximum absolute atomic E-state index is 10.6. The van der Waals surface area contributed by atoms with Crippen LogP contribution in [0, 0.1) is 0 Å². The molecule has 2 amide bonds. The van der Waals surface area contributed by atoms with Crippen LogP contribution in [0.1, 0.15) is 0 Å². The Morgan fingerprint density at radius 2 is 2.20 bits per heavy atom. The zero-order valence-corrected chi connectivity index (χ0v) is 5.81. The lowest BCUT2D eigenvalue weighted by Gasteiger charge is -1.97. The fraction of sp³-hybridized carbons (Fsp3) is 0.333. The van der Waals surface area contributed by atoms with E-state index >= 15 is 0 Å². The lowest BCUT2D eigenvalue weighted by molar-refractivity contribution is -0.127. The zero-order chi connectivity index (χ0) is 7.98. The molecular weight excluding hydrogens is 132 g/mol. The Hall–Kier alpha value is -1.16. The first kappa shape index (κ1) is 8.84. The fourth-order valence-corrected chi connectivity index (χ4v) is 0.393. The fourth-order valence-electron chi connectivity index (χ4n) is 0.393. The molecule has 0 saturated heterocycles. The first-order valence-electron chi connectivity index (χ1n) is 2.81. The predicted octanol–water partition coefficient (Wildman–Crippen LogP) is -0.965. The minimum atomic E-state index is -0.472. The smallest absolute Gasteiger partial charge is 0.249 e. The molecule has 0 unspecified atom stereocenters. The van der Waals surface area contributed by atoms with Crippen LogP contribution in [0.5, 0.6) is 0 Å². The van der Waals surface area contributed by atoms with Gasteiger partial charge < -0.3 is 5.32 Å². The second-order valence-electron chi connectivity index (χ2n) is 1.65. The highest BCUT2D eigenvalue weighted by Gasteiger charge is 2.00. The Bertz CT molecular complexity index is 154. The highest BCUT2D eigenvalue weighted by molar-refractivity contribution is 6.01. The van der Waals surface area contributed by atoms with Crippen LogP contribution in [-0.4, -0.2) is 25.4 Å². The molecule has 0 heterocycles. The zero-order valence-electron chi connectivity index (χ0n) is 5.81. The average molecular weight is 142 g/mol. The quantitative estimate of drug-likeness (QED) is 0.499. The highest BCUT2D eigenvalue weighted by atomic mass is 16.2. The van der Waals surface area contributed by atoms with Gasteiger partial charge in [0.05, 0.1) is 6.54 Å².